The number of hydrogen-bond donors (Lipinski definition) is 5. The van der Waals surface area contributed by atoms with Gasteiger partial charge in [-0.2, -0.15) is 0 Å². The van der Waals surface area contributed by atoms with Crippen LogP contribution in [-0.4, -0.2) is 68.1 Å². The summed E-state index contributed by atoms with van der Waals surface area (Å²) in [6, 6.07) is 6.60. The van der Waals surface area contributed by atoms with Gasteiger partial charge in [-0.3, -0.25) is 19.2 Å². The summed E-state index contributed by atoms with van der Waals surface area (Å²) in [7, 11) is 0. The van der Waals surface area contributed by atoms with Gasteiger partial charge in [0.1, 0.15) is 18.0 Å². The zero-order valence-electron chi connectivity index (χ0n) is 20.2. The van der Waals surface area contributed by atoms with Gasteiger partial charge in [-0.15, -0.1) is 0 Å². The van der Waals surface area contributed by atoms with E-state index in [2.05, 4.69) is 50.3 Å². The Bertz CT molecular complexity index is 1120. The van der Waals surface area contributed by atoms with Crippen molar-refractivity contribution in [2.24, 2.45) is 5.92 Å². The summed E-state index contributed by atoms with van der Waals surface area (Å²) < 4.78 is 0.512. The number of halogens is 2. The number of carbonyl (C=O) groups excluding carboxylic acids is 2. The molecule has 0 atom stereocenters. The second kappa shape index (κ2) is 13.9. The van der Waals surface area contributed by atoms with Crippen LogP contribution in [0.5, 0.6) is 5.75 Å². The Balaban J connectivity index is 0.000000604. The molecular formula is C24H28BrClN4O7. The molecule has 13 heteroatoms. The van der Waals surface area contributed by atoms with Crippen molar-refractivity contribution in [2.75, 3.05) is 23.7 Å². The van der Waals surface area contributed by atoms with Crippen LogP contribution in [0.25, 0.3) is 0 Å². The molecule has 1 saturated heterocycles. The quantitative estimate of drug-likeness (QED) is 0.233. The highest BCUT2D eigenvalue weighted by atomic mass is 79.9. The molecule has 0 bridgehead atoms. The molecule has 0 spiro atoms. The number of nitrogens with zero attached hydrogens (tertiary/aromatic N) is 2. The van der Waals surface area contributed by atoms with Gasteiger partial charge in [0.05, 0.1) is 16.3 Å². The third-order valence-corrected chi connectivity index (χ3v) is 6.16. The number of nitrogens with one attached hydrogen (secondary N) is 2. The lowest BCUT2D eigenvalue weighted by atomic mass is 9.95. The number of likely N-dealkylation sites (tertiary alicyclic amines) is 1. The van der Waals surface area contributed by atoms with E-state index >= 15 is 0 Å². The predicted octanol–water partition coefficient (Wildman–Crippen LogP) is 4.06. The van der Waals surface area contributed by atoms with E-state index in [1.165, 1.54) is 12.3 Å². The van der Waals surface area contributed by atoms with Crippen molar-refractivity contribution in [3.63, 3.8) is 0 Å². The Morgan fingerprint density at radius 1 is 1.11 bits per heavy atom. The molecule has 0 saturated carbocycles. The first kappa shape index (κ1) is 30.0. The van der Waals surface area contributed by atoms with Gasteiger partial charge in [-0.25, -0.2) is 4.98 Å². The Kier molecular flexibility index (Phi) is 11.3. The fraction of sp³-hybridized carbons (Fsp3) is 0.375. The number of phenolic OH excluding ortho intramolecular Hbond substituents is 1. The largest absolute Gasteiger partial charge is 0.506 e. The lowest BCUT2D eigenvalue weighted by molar-refractivity contribution is -0.147. The highest BCUT2D eigenvalue weighted by Crippen LogP contribution is 2.33. The van der Waals surface area contributed by atoms with Crippen LogP contribution in [0.3, 0.4) is 0 Å². The van der Waals surface area contributed by atoms with E-state index in [0.29, 0.717) is 21.4 Å². The number of piperidine rings is 1. The number of hydrogen-bond acceptors (Lipinski definition) is 7. The average Bonchev–Trinajstić information content (AvgIpc) is 2.81. The van der Waals surface area contributed by atoms with E-state index in [4.69, 9.17) is 21.8 Å². The molecule has 1 aliphatic heterocycles. The van der Waals surface area contributed by atoms with Crippen LogP contribution < -0.4 is 10.6 Å². The molecule has 37 heavy (non-hydrogen) atoms. The second-order valence-electron chi connectivity index (χ2n) is 8.52. The number of aliphatic carboxylic acids is 2. The van der Waals surface area contributed by atoms with Crippen molar-refractivity contribution >= 4 is 62.8 Å². The first-order valence-electron chi connectivity index (χ1n) is 11.3. The van der Waals surface area contributed by atoms with Gasteiger partial charge in [-0.1, -0.05) is 27.5 Å². The van der Waals surface area contributed by atoms with Crippen LogP contribution in [-0.2, 0) is 14.4 Å². The number of pyridine rings is 1. The van der Waals surface area contributed by atoms with Crippen molar-refractivity contribution in [3.05, 3.63) is 45.5 Å². The standard InChI is InChI=1S/C21H24BrClN4O3.C3H4O4/c1-12(2)27-7-5-13(6-8-27)20(29)26-19-16(9-14(22)10-17(19)28)21(30)25-18-4-3-15(23)11-24-18;4-2(5)1-3(6)7/h3-4,9-13,28H,5-8H2,1-2H3,(H,26,29)(H,24,25,30);1H2,(H,4,5)(H,6,7). The molecule has 3 rings (SSSR count). The van der Waals surface area contributed by atoms with Crippen LogP contribution in [0.15, 0.2) is 34.9 Å². The minimum absolute atomic E-state index is 0.0842. The summed E-state index contributed by atoms with van der Waals surface area (Å²) in [5, 5.41) is 31.7. The number of rotatable bonds is 7. The highest BCUT2D eigenvalue weighted by molar-refractivity contribution is 9.10. The summed E-state index contributed by atoms with van der Waals surface area (Å²) in [4.78, 5) is 50.9. The number of aromatic hydroxyl groups is 1. The van der Waals surface area contributed by atoms with Crippen molar-refractivity contribution in [1.82, 2.24) is 9.88 Å². The summed E-state index contributed by atoms with van der Waals surface area (Å²) >= 11 is 9.11. The number of carboxylic acid groups (broad SMARTS) is 2. The van der Waals surface area contributed by atoms with Gasteiger partial charge in [0.15, 0.2) is 0 Å². The first-order chi connectivity index (χ1) is 17.4. The maximum Gasteiger partial charge on any atom is 0.314 e. The number of carbonyl (C=O) groups is 4. The molecule has 1 aliphatic rings. The molecule has 2 heterocycles. The third-order valence-electron chi connectivity index (χ3n) is 5.48. The number of benzene rings is 1. The second-order valence-corrected chi connectivity index (χ2v) is 9.87. The normalized spacial score (nSPS) is 13.9. The molecule has 5 N–H and O–H groups in total. The molecule has 0 radical (unpaired) electrons. The van der Waals surface area contributed by atoms with Crippen LogP contribution in [0.1, 0.15) is 43.5 Å². The maximum atomic E-state index is 12.8. The van der Waals surface area contributed by atoms with Crippen molar-refractivity contribution < 1.29 is 34.5 Å². The number of amides is 2. The summed E-state index contributed by atoms with van der Waals surface area (Å²) in [6.07, 6.45) is 2.08. The molecule has 0 unspecified atom stereocenters. The summed E-state index contributed by atoms with van der Waals surface area (Å²) in [5.74, 6) is -3.38. The van der Waals surface area contributed by atoms with Gasteiger partial charge < -0.3 is 30.9 Å². The summed E-state index contributed by atoms with van der Waals surface area (Å²) in [6.45, 7) is 5.97. The zero-order valence-corrected chi connectivity index (χ0v) is 22.5. The van der Waals surface area contributed by atoms with E-state index in [0.717, 1.165) is 25.9 Å². The Hall–Kier alpha value is -3.22. The van der Waals surface area contributed by atoms with Gasteiger partial charge in [-0.05, 0) is 64.0 Å². The Labute approximate surface area is 227 Å². The molecule has 1 aromatic carbocycles. The van der Waals surface area contributed by atoms with E-state index in [-0.39, 0.29) is 28.8 Å². The Morgan fingerprint density at radius 3 is 2.22 bits per heavy atom. The molecule has 0 aliphatic carbocycles. The van der Waals surface area contributed by atoms with Crippen LogP contribution in [0.2, 0.25) is 5.02 Å². The zero-order chi connectivity index (χ0) is 27.7. The predicted molar refractivity (Wildman–Crippen MR) is 141 cm³/mol. The van der Waals surface area contributed by atoms with Gasteiger partial charge >= 0.3 is 11.9 Å². The van der Waals surface area contributed by atoms with E-state index in [1.54, 1.807) is 18.2 Å². The number of aromatic nitrogens is 1. The molecular weight excluding hydrogens is 572 g/mol. The van der Waals surface area contributed by atoms with Gasteiger partial charge in [0.2, 0.25) is 5.91 Å². The minimum atomic E-state index is -1.31. The highest BCUT2D eigenvalue weighted by Gasteiger charge is 2.28. The number of carboxylic acids is 2. The van der Waals surface area contributed by atoms with Crippen LogP contribution >= 0.6 is 27.5 Å². The van der Waals surface area contributed by atoms with Gasteiger partial charge in [0.25, 0.3) is 5.91 Å². The van der Waals surface area contributed by atoms with E-state index < -0.39 is 24.3 Å². The molecule has 200 valence electrons. The van der Waals surface area contributed by atoms with E-state index in [1.807, 2.05) is 0 Å². The molecule has 1 aromatic heterocycles. The summed E-state index contributed by atoms with van der Waals surface area (Å²) in [5.41, 5.74) is 0.215. The average molecular weight is 600 g/mol. The van der Waals surface area contributed by atoms with Crippen LogP contribution in [0.4, 0.5) is 11.5 Å². The SMILES string of the molecule is CC(C)N1CCC(C(=O)Nc2c(O)cc(Br)cc2C(=O)Nc2ccc(Cl)cn2)CC1.O=C(O)CC(=O)O. The van der Waals surface area contributed by atoms with Gasteiger partial charge in [0, 0.05) is 22.6 Å². The minimum Gasteiger partial charge on any atom is -0.506 e. The van der Waals surface area contributed by atoms with Crippen molar-refractivity contribution in [1.29, 1.82) is 0 Å². The molecule has 2 amide bonds. The van der Waals surface area contributed by atoms with Crippen molar-refractivity contribution in [2.45, 2.75) is 39.2 Å². The number of phenols is 1. The number of anilines is 2. The third kappa shape index (κ3) is 9.63. The smallest absolute Gasteiger partial charge is 0.314 e. The lowest BCUT2D eigenvalue weighted by Gasteiger charge is -2.34. The Morgan fingerprint density at radius 2 is 1.73 bits per heavy atom. The van der Waals surface area contributed by atoms with Crippen molar-refractivity contribution in [3.8, 4) is 5.75 Å². The fourth-order valence-electron chi connectivity index (χ4n) is 3.57. The van der Waals surface area contributed by atoms with E-state index in [9.17, 15) is 24.3 Å². The molecule has 11 nitrogen and oxygen atoms in total. The molecule has 1 fully saturated rings. The topological polar surface area (TPSA) is 169 Å². The molecule has 2 aromatic rings. The lowest BCUT2D eigenvalue weighted by Crippen LogP contribution is -2.41. The monoisotopic (exact) mass is 598 g/mol. The van der Waals surface area contributed by atoms with Crippen LogP contribution in [0, 0.1) is 5.92 Å². The fourth-order valence-corrected chi connectivity index (χ4v) is 4.13. The first-order valence-corrected chi connectivity index (χ1v) is 12.5. The maximum absolute atomic E-state index is 12.8.